The first-order chi connectivity index (χ1) is 18.1. The fraction of sp³-hybridized carbons (Fsp3) is 0.483. The molecule has 0 spiro atoms. The van der Waals surface area contributed by atoms with E-state index in [4.69, 9.17) is 15.2 Å². The Morgan fingerprint density at radius 3 is 2.34 bits per heavy atom. The number of hydrogen-bond donors (Lipinski definition) is 2. The number of ether oxygens (including phenoxy) is 2. The summed E-state index contributed by atoms with van der Waals surface area (Å²) < 4.78 is 10.7. The van der Waals surface area contributed by atoms with Crippen LogP contribution in [0, 0.1) is 5.41 Å². The number of nitrogens with one attached hydrogen (secondary N) is 1. The molecule has 1 aliphatic heterocycles. The third-order valence-electron chi connectivity index (χ3n) is 6.53. The highest BCUT2D eigenvalue weighted by Gasteiger charge is 2.43. The van der Waals surface area contributed by atoms with Gasteiger partial charge in [0.1, 0.15) is 17.5 Å². The zero-order chi connectivity index (χ0) is 27.9. The minimum absolute atomic E-state index is 0.0258. The lowest BCUT2D eigenvalue weighted by molar-refractivity contribution is -0.136. The molecule has 0 aromatic heterocycles. The lowest BCUT2D eigenvalue weighted by Gasteiger charge is -2.32. The monoisotopic (exact) mass is 524 g/mol. The van der Waals surface area contributed by atoms with Gasteiger partial charge in [-0.15, -0.1) is 0 Å². The molecule has 1 heterocycles. The van der Waals surface area contributed by atoms with Crippen LogP contribution in [-0.4, -0.2) is 73.5 Å². The molecule has 3 N–H and O–H groups in total. The van der Waals surface area contributed by atoms with E-state index >= 15 is 0 Å². The van der Waals surface area contributed by atoms with Gasteiger partial charge in [0, 0.05) is 38.2 Å². The molecule has 206 valence electrons. The summed E-state index contributed by atoms with van der Waals surface area (Å²) in [4.78, 5) is 43.8. The zero-order valence-electron chi connectivity index (χ0n) is 23.0. The number of hydrogen-bond acceptors (Lipinski definition) is 6. The van der Waals surface area contributed by atoms with Crippen LogP contribution >= 0.6 is 0 Å². The summed E-state index contributed by atoms with van der Waals surface area (Å²) in [5.74, 6) is 0.659. The predicted octanol–water partition coefficient (Wildman–Crippen LogP) is 2.83. The number of nitrogens with two attached hydrogens (primary N) is 1. The maximum Gasteiger partial charge on any atom is 0.254 e. The van der Waals surface area contributed by atoms with Crippen LogP contribution in [-0.2, 0) is 16.1 Å². The number of rotatable bonds is 10. The van der Waals surface area contributed by atoms with Crippen molar-refractivity contribution in [1.29, 1.82) is 0 Å². The van der Waals surface area contributed by atoms with Crippen molar-refractivity contribution in [3.8, 4) is 11.5 Å². The number of likely N-dealkylation sites (tertiary alicyclic amines) is 1. The van der Waals surface area contributed by atoms with Crippen molar-refractivity contribution in [3.63, 3.8) is 0 Å². The average Bonchev–Trinajstić information content (AvgIpc) is 3.34. The van der Waals surface area contributed by atoms with Crippen LogP contribution in [0.1, 0.15) is 49.5 Å². The fourth-order valence-corrected chi connectivity index (χ4v) is 4.69. The fourth-order valence-electron chi connectivity index (χ4n) is 4.69. The smallest absolute Gasteiger partial charge is 0.254 e. The zero-order valence-corrected chi connectivity index (χ0v) is 23.0. The van der Waals surface area contributed by atoms with E-state index in [0.717, 1.165) is 5.56 Å². The van der Waals surface area contributed by atoms with Crippen LogP contribution in [0.3, 0.4) is 0 Å². The molecule has 9 nitrogen and oxygen atoms in total. The van der Waals surface area contributed by atoms with E-state index in [9.17, 15) is 14.4 Å². The molecule has 2 unspecified atom stereocenters. The summed E-state index contributed by atoms with van der Waals surface area (Å²) in [5, 5.41) is 2.82. The van der Waals surface area contributed by atoms with Gasteiger partial charge >= 0.3 is 0 Å². The molecule has 1 saturated heterocycles. The van der Waals surface area contributed by atoms with Gasteiger partial charge in [0.05, 0.1) is 20.3 Å². The first-order valence-electron chi connectivity index (χ1n) is 12.9. The third-order valence-corrected chi connectivity index (χ3v) is 6.53. The molecule has 0 saturated carbocycles. The number of nitrogens with zero attached hydrogens (tertiary/aromatic N) is 2. The van der Waals surface area contributed by atoms with Crippen LogP contribution in [0.4, 0.5) is 0 Å². The van der Waals surface area contributed by atoms with Crippen LogP contribution in [0.5, 0.6) is 11.5 Å². The minimum Gasteiger partial charge on any atom is -0.497 e. The molecule has 1 aliphatic rings. The summed E-state index contributed by atoms with van der Waals surface area (Å²) in [6.07, 6.45) is 0.660. The Hall–Kier alpha value is -3.59. The number of carbonyl (C=O) groups is 3. The maximum absolute atomic E-state index is 13.7. The van der Waals surface area contributed by atoms with Gasteiger partial charge in [0.2, 0.25) is 11.8 Å². The summed E-state index contributed by atoms with van der Waals surface area (Å²) >= 11 is 0. The Balaban J connectivity index is 1.95. The van der Waals surface area contributed by atoms with E-state index in [0.29, 0.717) is 43.0 Å². The van der Waals surface area contributed by atoms with Crippen molar-refractivity contribution in [1.82, 2.24) is 15.1 Å². The number of carbonyl (C=O) groups excluding carboxylic acids is 3. The highest BCUT2D eigenvalue weighted by Crippen LogP contribution is 2.30. The predicted molar refractivity (Wildman–Crippen MR) is 146 cm³/mol. The molecule has 2 aromatic carbocycles. The molecular weight excluding hydrogens is 484 g/mol. The van der Waals surface area contributed by atoms with Gasteiger partial charge in [-0.2, -0.15) is 0 Å². The van der Waals surface area contributed by atoms with Crippen molar-refractivity contribution in [2.45, 2.75) is 52.2 Å². The summed E-state index contributed by atoms with van der Waals surface area (Å²) in [7, 11) is 3.14. The van der Waals surface area contributed by atoms with Crippen molar-refractivity contribution in [3.05, 3.63) is 59.7 Å². The van der Waals surface area contributed by atoms with E-state index < -0.39 is 6.04 Å². The Morgan fingerprint density at radius 2 is 1.71 bits per heavy atom. The molecule has 1 fully saturated rings. The third kappa shape index (κ3) is 7.47. The van der Waals surface area contributed by atoms with Crippen molar-refractivity contribution in [2.75, 3.05) is 33.9 Å². The van der Waals surface area contributed by atoms with Gasteiger partial charge in [-0.05, 0) is 47.7 Å². The minimum atomic E-state index is -0.736. The standard InChI is InChI=1S/C29H40N4O5/c1-29(2,3)17-26(34)32(18-20-8-6-10-23(14-20)37-4)22-16-25(27(35)31-13-12-30)33(19-22)28(36)21-9-7-11-24(15-21)38-5/h6-11,14-15,22,25H,12-13,16-19,30H2,1-5H3,(H,31,35). The Kier molecular flexibility index (Phi) is 9.74. The molecule has 2 aromatic rings. The molecule has 2 atom stereocenters. The van der Waals surface area contributed by atoms with E-state index in [1.165, 1.54) is 7.11 Å². The largest absolute Gasteiger partial charge is 0.497 e. The van der Waals surface area contributed by atoms with Crippen LogP contribution in [0.2, 0.25) is 0 Å². The van der Waals surface area contributed by atoms with Gasteiger partial charge < -0.3 is 30.3 Å². The van der Waals surface area contributed by atoms with Crippen molar-refractivity contribution in [2.24, 2.45) is 11.1 Å². The van der Waals surface area contributed by atoms with Gasteiger partial charge in [0.15, 0.2) is 0 Å². The van der Waals surface area contributed by atoms with Crippen molar-refractivity contribution < 1.29 is 23.9 Å². The molecule has 0 bridgehead atoms. The van der Waals surface area contributed by atoms with Gasteiger partial charge in [-0.25, -0.2) is 0 Å². The number of benzene rings is 2. The topological polar surface area (TPSA) is 114 Å². The Bertz CT molecular complexity index is 1130. The first-order valence-corrected chi connectivity index (χ1v) is 12.9. The highest BCUT2D eigenvalue weighted by molar-refractivity contribution is 5.98. The second-order valence-electron chi connectivity index (χ2n) is 10.8. The lowest BCUT2D eigenvalue weighted by atomic mass is 9.91. The Labute approximate surface area is 225 Å². The van der Waals surface area contributed by atoms with E-state index in [-0.39, 0.29) is 42.3 Å². The second-order valence-corrected chi connectivity index (χ2v) is 10.8. The molecule has 0 radical (unpaired) electrons. The number of methoxy groups -OCH3 is 2. The molecule has 9 heteroatoms. The first kappa shape index (κ1) is 29.0. The summed E-state index contributed by atoms with van der Waals surface area (Å²) in [6.45, 7) is 7.22. The molecular formula is C29H40N4O5. The van der Waals surface area contributed by atoms with E-state index in [1.54, 1.807) is 36.3 Å². The maximum atomic E-state index is 13.7. The van der Waals surface area contributed by atoms with Crippen molar-refractivity contribution >= 4 is 17.7 Å². The normalized spacial score (nSPS) is 17.2. The van der Waals surface area contributed by atoms with Crippen LogP contribution in [0.25, 0.3) is 0 Å². The van der Waals surface area contributed by atoms with Crippen LogP contribution < -0.4 is 20.5 Å². The van der Waals surface area contributed by atoms with Gasteiger partial charge in [-0.1, -0.05) is 39.0 Å². The average molecular weight is 525 g/mol. The highest BCUT2D eigenvalue weighted by atomic mass is 16.5. The second kappa shape index (κ2) is 12.8. The number of amides is 3. The summed E-state index contributed by atoms with van der Waals surface area (Å²) in [6, 6.07) is 13.4. The van der Waals surface area contributed by atoms with Gasteiger partial charge in [0.25, 0.3) is 5.91 Å². The lowest BCUT2D eigenvalue weighted by Crippen LogP contribution is -2.47. The van der Waals surface area contributed by atoms with Crippen LogP contribution in [0.15, 0.2) is 48.5 Å². The SMILES string of the molecule is COc1cccc(CN(C(=O)CC(C)(C)C)C2CC(C(=O)NCCN)N(C(=O)c3cccc(OC)c3)C2)c1. The molecule has 3 amide bonds. The molecule has 3 rings (SSSR count). The van der Waals surface area contributed by atoms with E-state index in [2.05, 4.69) is 5.32 Å². The Morgan fingerprint density at radius 1 is 1.05 bits per heavy atom. The quantitative estimate of drug-likeness (QED) is 0.494. The van der Waals surface area contributed by atoms with E-state index in [1.807, 2.05) is 49.9 Å². The molecule has 38 heavy (non-hydrogen) atoms. The summed E-state index contributed by atoms with van der Waals surface area (Å²) in [5.41, 5.74) is 6.71. The van der Waals surface area contributed by atoms with Gasteiger partial charge in [-0.3, -0.25) is 14.4 Å². The molecule has 0 aliphatic carbocycles.